The van der Waals surface area contributed by atoms with E-state index >= 15 is 0 Å². The molecule has 3 heterocycles. The summed E-state index contributed by atoms with van der Waals surface area (Å²) in [6.07, 6.45) is 1.26. The third-order valence-electron chi connectivity index (χ3n) is 6.88. The second-order valence-corrected chi connectivity index (χ2v) is 11.4. The van der Waals surface area contributed by atoms with E-state index in [-0.39, 0.29) is 12.7 Å². The molecule has 1 amide bonds. The summed E-state index contributed by atoms with van der Waals surface area (Å²) in [4.78, 5) is 19.7. The number of sulfonamides is 1. The van der Waals surface area contributed by atoms with E-state index in [1.54, 1.807) is 0 Å². The molecule has 0 aliphatic carbocycles. The van der Waals surface area contributed by atoms with Crippen molar-refractivity contribution in [3.05, 3.63) is 59.2 Å². The van der Waals surface area contributed by atoms with Crippen molar-refractivity contribution in [2.75, 3.05) is 65.4 Å². The second kappa shape index (κ2) is 10.1. The van der Waals surface area contributed by atoms with Crippen molar-refractivity contribution >= 4 is 15.9 Å². The Morgan fingerprint density at radius 1 is 0.800 bits per heavy atom. The average molecular weight is 501 g/mol. The number of hydrogen-bond acceptors (Lipinski definition) is 7. The van der Waals surface area contributed by atoms with Gasteiger partial charge in [0.2, 0.25) is 16.8 Å². The second-order valence-electron chi connectivity index (χ2n) is 9.39. The van der Waals surface area contributed by atoms with Crippen LogP contribution in [0.25, 0.3) is 0 Å². The zero-order chi connectivity index (χ0) is 24.4. The van der Waals surface area contributed by atoms with Crippen molar-refractivity contribution in [1.82, 2.24) is 19.0 Å². The average Bonchev–Trinajstić information content (AvgIpc) is 3.32. The van der Waals surface area contributed by atoms with Gasteiger partial charge < -0.3 is 14.4 Å². The summed E-state index contributed by atoms with van der Waals surface area (Å²) in [5.74, 6) is 1.66. The predicted molar refractivity (Wildman–Crippen MR) is 132 cm³/mol. The number of piperazine rings is 2. The lowest BCUT2D eigenvalue weighted by Crippen LogP contribution is -2.48. The van der Waals surface area contributed by atoms with E-state index in [1.165, 1.54) is 16.1 Å². The highest BCUT2D eigenvalue weighted by Gasteiger charge is 2.25. The summed E-state index contributed by atoms with van der Waals surface area (Å²) in [6, 6.07) is 13.9. The van der Waals surface area contributed by atoms with Gasteiger partial charge in [0.1, 0.15) is 0 Å². The molecule has 0 saturated carbocycles. The number of carbonyl (C=O) groups excluding carboxylic acids is 1. The molecule has 5 rings (SSSR count). The van der Waals surface area contributed by atoms with Crippen LogP contribution in [-0.2, 0) is 23.1 Å². The molecule has 2 aromatic carbocycles. The van der Waals surface area contributed by atoms with Gasteiger partial charge in [-0.2, -0.15) is 4.31 Å². The highest BCUT2D eigenvalue weighted by molar-refractivity contribution is 7.88. The first-order chi connectivity index (χ1) is 16.8. The summed E-state index contributed by atoms with van der Waals surface area (Å²) < 4.78 is 35.8. The van der Waals surface area contributed by atoms with E-state index in [0.29, 0.717) is 51.4 Å². The minimum atomic E-state index is -3.13. The zero-order valence-electron chi connectivity index (χ0n) is 20.1. The lowest BCUT2D eigenvalue weighted by molar-refractivity contribution is 0.0628. The Kier molecular flexibility index (Phi) is 6.97. The van der Waals surface area contributed by atoms with Gasteiger partial charge in [0.05, 0.1) is 6.26 Å². The molecule has 35 heavy (non-hydrogen) atoms. The molecule has 9 nitrogen and oxygen atoms in total. The lowest BCUT2D eigenvalue weighted by atomic mass is 10.1. The maximum absolute atomic E-state index is 13.2. The fourth-order valence-corrected chi connectivity index (χ4v) is 5.70. The molecule has 0 N–H and O–H groups in total. The van der Waals surface area contributed by atoms with Gasteiger partial charge in [0.25, 0.3) is 5.91 Å². The first-order valence-corrected chi connectivity index (χ1v) is 13.9. The van der Waals surface area contributed by atoms with Crippen molar-refractivity contribution in [2.24, 2.45) is 0 Å². The van der Waals surface area contributed by atoms with Crippen molar-refractivity contribution in [2.45, 2.75) is 13.1 Å². The third kappa shape index (κ3) is 5.78. The van der Waals surface area contributed by atoms with Crippen LogP contribution in [-0.4, -0.2) is 98.7 Å². The van der Waals surface area contributed by atoms with E-state index in [0.717, 1.165) is 36.7 Å². The fraction of sp³-hybridized carbons (Fsp3) is 0.480. The first-order valence-electron chi connectivity index (χ1n) is 12.0. The Balaban J connectivity index is 1.12. The molecular weight excluding hydrogens is 468 g/mol. The Morgan fingerprint density at radius 2 is 1.43 bits per heavy atom. The number of benzene rings is 2. The minimum absolute atomic E-state index is 0.0662. The molecule has 2 aromatic rings. The molecule has 0 aromatic heterocycles. The molecule has 10 heteroatoms. The topological polar surface area (TPSA) is 82.6 Å². The summed E-state index contributed by atoms with van der Waals surface area (Å²) >= 11 is 0. The molecular formula is C25H32N4O5S. The van der Waals surface area contributed by atoms with Gasteiger partial charge in [-0.1, -0.05) is 18.2 Å². The molecule has 0 unspecified atom stereocenters. The molecule has 0 atom stereocenters. The largest absolute Gasteiger partial charge is 0.454 e. The molecule has 2 fully saturated rings. The van der Waals surface area contributed by atoms with E-state index in [9.17, 15) is 13.2 Å². The summed E-state index contributed by atoms with van der Waals surface area (Å²) in [6.45, 7) is 7.25. The number of amides is 1. The summed E-state index contributed by atoms with van der Waals surface area (Å²) in [7, 11) is -3.13. The van der Waals surface area contributed by atoms with Crippen LogP contribution >= 0.6 is 0 Å². The standard InChI is InChI=1S/C25H32N4O5S/c1-35(31,32)29-13-9-27(10-14-29)17-20-3-2-4-22(15-20)25(30)28-11-7-26(8-12-28)18-21-5-6-23-24(16-21)34-19-33-23/h2-6,15-16H,7-14,17-19H2,1H3. The van der Waals surface area contributed by atoms with E-state index in [1.807, 2.05) is 41.3 Å². The number of ether oxygens (including phenoxy) is 2. The Labute approximate surface area is 206 Å². The van der Waals surface area contributed by atoms with Crippen LogP contribution in [0.4, 0.5) is 0 Å². The molecule has 0 bridgehead atoms. The van der Waals surface area contributed by atoms with Gasteiger partial charge in [-0.05, 0) is 35.4 Å². The summed E-state index contributed by atoms with van der Waals surface area (Å²) in [5, 5.41) is 0. The Morgan fingerprint density at radius 3 is 2.11 bits per heavy atom. The molecule has 3 aliphatic heterocycles. The summed E-state index contributed by atoms with van der Waals surface area (Å²) in [5.41, 5.74) is 2.96. The smallest absolute Gasteiger partial charge is 0.253 e. The third-order valence-corrected chi connectivity index (χ3v) is 8.19. The van der Waals surface area contributed by atoms with E-state index in [2.05, 4.69) is 15.9 Å². The van der Waals surface area contributed by atoms with Crippen LogP contribution in [0.15, 0.2) is 42.5 Å². The maximum atomic E-state index is 13.2. The van der Waals surface area contributed by atoms with Crippen LogP contribution in [0, 0.1) is 0 Å². The molecule has 3 aliphatic rings. The first kappa shape index (κ1) is 24.1. The van der Waals surface area contributed by atoms with E-state index < -0.39 is 10.0 Å². The number of fused-ring (bicyclic) bond motifs is 1. The molecule has 0 spiro atoms. The van der Waals surface area contributed by atoms with Gasteiger partial charge in [-0.25, -0.2) is 8.42 Å². The zero-order valence-corrected chi connectivity index (χ0v) is 20.9. The van der Waals surface area contributed by atoms with Crippen LogP contribution in [0.5, 0.6) is 11.5 Å². The molecule has 0 radical (unpaired) electrons. The molecule has 188 valence electrons. The highest BCUT2D eigenvalue weighted by atomic mass is 32.2. The van der Waals surface area contributed by atoms with Crippen LogP contribution in [0.1, 0.15) is 21.5 Å². The number of hydrogen-bond donors (Lipinski definition) is 0. The van der Waals surface area contributed by atoms with Crippen molar-refractivity contribution < 1.29 is 22.7 Å². The normalized spacial score (nSPS) is 19.7. The quantitative estimate of drug-likeness (QED) is 0.594. The van der Waals surface area contributed by atoms with Gasteiger partial charge in [-0.15, -0.1) is 0 Å². The molecule has 2 saturated heterocycles. The maximum Gasteiger partial charge on any atom is 0.253 e. The van der Waals surface area contributed by atoms with Gasteiger partial charge in [0, 0.05) is 71.0 Å². The lowest BCUT2D eigenvalue weighted by Gasteiger charge is -2.35. The van der Waals surface area contributed by atoms with Gasteiger partial charge in [-0.3, -0.25) is 14.6 Å². The minimum Gasteiger partial charge on any atom is -0.454 e. The van der Waals surface area contributed by atoms with E-state index in [4.69, 9.17) is 9.47 Å². The Bertz CT molecular complexity index is 1170. The Hall–Kier alpha value is -2.66. The van der Waals surface area contributed by atoms with Crippen LogP contribution in [0.2, 0.25) is 0 Å². The van der Waals surface area contributed by atoms with Gasteiger partial charge in [0.15, 0.2) is 11.5 Å². The number of nitrogens with zero attached hydrogens (tertiary/aromatic N) is 4. The predicted octanol–water partition coefficient (Wildman–Crippen LogP) is 1.45. The monoisotopic (exact) mass is 500 g/mol. The number of rotatable bonds is 6. The highest BCUT2D eigenvalue weighted by Crippen LogP contribution is 2.32. The van der Waals surface area contributed by atoms with Gasteiger partial charge >= 0.3 is 0 Å². The van der Waals surface area contributed by atoms with Crippen molar-refractivity contribution in [3.8, 4) is 11.5 Å². The van der Waals surface area contributed by atoms with Crippen LogP contribution < -0.4 is 9.47 Å². The SMILES string of the molecule is CS(=O)(=O)N1CCN(Cc2cccc(C(=O)N3CCN(Cc4ccc5c(c4)OCO5)CC3)c2)CC1. The van der Waals surface area contributed by atoms with Crippen LogP contribution in [0.3, 0.4) is 0 Å². The van der Waals surface area contributed by atoms with Crippen molar-refractivity contribution in [3.63, 3.8) is 0 Å². The number of carbonyl (C=O) groups is 1. The van der Waals surface area contributed by atoms with Crippen molar-refractivity contribution in [1.29, 1.82) is 0 Å². The fourth-order valence-electron chi connectivity index (χ4n) is 4.87.